The molecule has 1 aromatic heterocycles. The molecule has 2 atom stereocenters. The third-order valence-electron chi connectivity index (χ3n) is 2.90. The predicted molar refractivity (Wildman–Crippen MR) is 93.7 cm³/mol. The number of nitrogens with one attached hydrogen (secondary N) is 2. The molecular weight excluding hydrogens is 347 g/mol. The predicted octanol–water partition coefficient (Wildman–Crippen LogP) is 1.57. The van der Waals surface area contributed by atoms with Crippen molar-refractivity contribution in [2.24, 2.45) is 11.7 Å². The molecule has 0 saturated carbocycles. The molecule has 0 radical (unpaired) electrons. The fourth-order valence-corrected chi connectivity index (χ4v) is 2.24. The number of hydrogen-bond donors (Lipinski definition) is 3. The highest BCUT2D eigenvalue weighted by atomic mass is 35.5. The lowest BCUT2D eigenvalue weighted by Gasteiger charge is -2.16. The molecule has 128 valence electrons. The highest BCUT2D eigenvalue weighted by Gasteiger charge is 2.18. The van der Waals surface area contributed by atoms with Gasteiger partial charge in [0.1, 0.15) is 0 Å². The Kier molecular flexibility index (Phi) is 11.4. The van der Waals surface area contributed by atoms with Crippen LogP contribution in [0.1, 0.15) is 37.5 Å². The van der Waals surface area contributed by atoms with Crippen molar-refractivity contribution in [3.8, 4) is 0 Å². The zero-order valence-electron chi connectivity index (χ0n) is 13.1. The summed E-state index contributed by atoms with van der Waals surface area (Å²) in [7, 11) is 0. The average Bonchev–Trinajstić information content (AvgIpc) is 2.81. The van der Waals surface area contributed by atoms with Gasteiger partial charge in [-0.25, -0.2) is 4.98 Å². The van der Waals surface area contributed by atoms with E-state index in [1.165, 1.54) is 11.3 Å². The zero-order valence-corrected chi connectivity index (χ0v) is 15.5. The van der Waals surface area contributed by atoms with Crippen LogP contribution in [0.15, 0.2) is 5.38 Å². The van der Waals surface area contributed by atoms with Crippen LogP contribution in [-0.4, -0.2) is 29.4 Å². The smallest absolute Gasteiger partial charge is 0.239 e. The van der Waals surface area contributed by atoms with Crippen LogP contribution in [0, 0.1) is 12.8 Å². The van der Waals surface area contributed by atoms with Gasteiger partial charge in [-0.15, -0.1) is 36.2 Å². The number of nitrogens with two attached hydrogens (primary N) is 1. The van der Waals surface area contributed by atoms with Crippen molar-refractivity contribution in [1.82, 2.24) is 15.6 Å². The number of thiazole rings is 1. The normalized spacial score (nSPS) is 12.6. The summed E-state index contributed by atoms with van der Waals surface area (Å²) < 4.78 is 0. The summed E-state index contributed by atoms with van der Waals surface area (Å²) in [5.41, 5.74) is 6.51. The van der Waals surface area contributed by atoms with Gasteiger partial charge in [-0.3, -0.25) is 9.59 Å². The van der Waals surface area contributed by atoms with Crippen LogP contribution >= 0.6 is 36.2 Å². The van der Waals surface area contributed by atoms with E-state index < -0.39 is 6.04 Å². The van der Waals surface area contributed by atoms with E-state index >= 15 is 0 Å². The van der Waals surface area contributed by atoms with E-state index in [4.69, 9.17) is 5.73 Å². The second-order valence-corrected chi connectivity index (χ2v) is 6.13. The first-order valence-corrected chi connectivity index (χ1v) is 7.44. The van der Waals surface area contributed by atoms with Crippen molar-refractivity contribution in [1.29, 1.82) is 0 Å². The Morgan fingerprint density at radius 2 is 1.91 bits per heavy atom. The van der Waals surface area contributed by atoms with Gasteiger partial charge >= 0.3 is 0 Å². The Bertz CT molecular complexity index is 482. The maximum absolute atomic E-state index is 11.7. The second kappa shape index (κ2) is 10.8. The molecule has 0 aromatic carbocycles. The molecule has 2 amide bonds. The maximum atomic E-state index is 11.7. The van der Waals surface area contributed by atoms with Gasteiger partial charge in [-0.05, 0) is 19.8 Å². The molecule has 4 N–H and O–H groups in total. The zero-order chi connectivity index (χ0) is 15.3. The molecule has 1 rings (SSSR count). The first-order valence-electron chi connectivity index (χ1n) is 6.56. The van der Waals surface area contributed by atoms with Gasteiger partial charge in [0, 0.05) is 5.38 Å². The lowest BCUT2D eigenvalue weighted by atomic mass is 10.1. The van der Waals surface area contributed by atoms with Gasteiger partial charge in [0.15, 0.2) is 0 Å². The highest BCUT2D eigenvalue weighted by Crippen LogP contribution is 2.15. The van der Waals surface area contributed by atoms with Crippen LogP contribution in [0.2, 0.25) is 0 Å². The quantitative estimate of drug-likeness (QED) is 0.707. The van der Waals surface area contributed by atoms with Crippen molar-refractivity contribution in [3.05, 3.63) is 16.1 Å². The number of carbonyl (C=O) groups is 2. The SMILES string of the molecule is Cc1nc(C(C)NC(=O)CNC(=O)[C@@H](N)C(C)C)cs1.Cl.Cl. The molecule has 9 heteroatoms. The Hall–Kier alpha value is -0.890. The third-order valence-corrected chi connectivity index (χ3v) is 3.69. The minimum atomic E-state index is -0.596. The van der Waals surface area contributed by atoms with E-state index in [0.29, 0.717) is 0 Å². The Morgan fingerprint density at radius 1 is 1.32 bits per heavy atom. The fourth-order valence-electron chi connectivity index (χ4n) is 1.53. The Balaban J connectivity index is 0. The molecule has 1 unspecified atom stereocenters. The van der Waals surface area contributed by atoms with Gasteiger partial charge in [0.2, 0.25) is 11.8 Å². The third kappa shape index (κ3) is 7.40. The van der Waals surface area contributed by atoms with Crippen LogP contribution in [0.4, 0.5) is 0 Å². The summed E-state index contributed by atoms with van der Waals surface area (Å²) in [6.07, 6.45) is 0. The van der Waals surface area contributed by atoms with Gasteiger partial charge in [0.05, 0.1) is 29.3 Å². The van der Waals surface area contributed by atoms with E-state index in [-0.39, 0.29) is 55.1 Å². The van der Waals surface area contributed by atoms with Gasteiger partial charge in [-0.2, -0.15) is 0 Å². The minimum Gasteiger partial charge on any atom is -0.346 e. The summed E-state index contributed by atoms with van der Waals surface area (Å²) >= 11 is 1.54. The molecule has 0 fully saturated rings. The maximum Gasteiger partial charge on any atom is 0.239 e. The summed E-state index contributed by atoms with van der Waals surface area (Å²) in [6.45, 7) is 7.41. The molecular formula is C13H24Cl2N4O2S. The van der Waals surface area contributed by atoms with Crippen LogP contribution < -0.4 is 16.4 Å². The number of aromatic nitrogens is 1. The summed E-state index contributed by atoms with van der Waals surface area (Å²) in [6, 6.07) is -0.774. The highest BCUT2D eigenvalue weighted by molar-refractivity contribution is 7.09. The molecule has 6 nitrogen and oxygen atoms in total. The van der Waals surface area contributed by atoms with Crippen molar-refractivity contribution < 1.29 is 9.59 Å². The van der Waals surface area contributed by atoms with Crippen LogP contribution in [-0.2, 0) is 9.59 Å². The summed E-state index contributed by atoms with van der Waals surface area (Å²) in [5.74, 6) is -0.533. The van der Waals surface area contributed by atoms with Crippen LogP contribution in [0.3, 0.4) is 0 Å². The van der Waals surface area contributed by atoms with E-state index in [0.717, 1.165) is 10.7 Å². The van der Waals surface area contributed by atoms with E-state index in [1.807, 2.05) is 33.1 Å². The fraction of sp³-hybridized carbons (Fsp3) is 0.615. The van der Waals surface area contributed by atoms with E-state index in [2.05, 4.69) is 15.6 Å². The number of nitrogens with zero attached hydrogens (tertiary/aromatic N) is 1. The first-order chi connectivity index (χ1) is 9.31. The van der Waals surface area contributed by atoms with Crippen molar-refractivity contribution in [3.63, 3.8) is 0 Å². The van der Waals surface area contributed by atoms with Gasteiger partial charge in [0.25, 0.3) is 0 Å². The number of hydrogen-bond acceptors (Lipinski definition) is 5. The monoisotopic (exact) mass is 370 g/mol. The molecule has 0 bridgehead atoms. The number of halogens is 2. The second-order valence-electron chi connectivity index (χ2n) is 5.07. The summed E-state index contributed by atoms with van der Waals surface area (Å²) in [5, 5.41) is 8.18. The molecule has 22 heavy (non-hydrogen) atoms. The number of aryl methyl sites for hydroxylation is 1. The largest absolute Gasteiger partial charge is 0.346 e. The molecule has 0 aliphatic carbocycles. The van der Waals surface area contributed by atoms with Crippen LogP contribution in [0.5, 0.6) is 0 Å². The lowest BCUT2D eigenvalue weighted by molar-refractivity contribution is -0.127. The van der Waals surface area contributed by atoms with Crippen molar-refractivity contribution in [2.45, 2.75) is 39.8 Å². The molecule has 1 aromatic rings. The number of rotatable bonds is 6. The standard InChI is InChI=1S/C13H22N4O2S.2ClH/c1-7(2)12(14)13(19)15-5-11(18)16-8(3)10-6-20-9(4)17-10;;/h6-8,12H,5,14H2,1-4H3,(H,15,19)(H,16,18);2*1H/t8?,12-;;/m0../s1. The van der Waals surface area contributed by atoms with E-state index in [9.17, 15) is 9.59 Å². The first kappa shape index (κ1) is 23.4. The molecule has 0 saturated heterocycles. The molecule has 0 aliphatic rings. The molecule has 0 aliphatic heterocycles. The number of amides is 2. The lowest BCUT2D eigenvalue weighted by Crippen LogP contribution is -2.47. The topological polar surface area (TPSA) is 97.1 Å². The van der Waals surface area contributed by atoms with Crippen molar-refractivity contribution >= 4 is 48.0 Å². The molecule has 1 heterocycles. The minimum absolute atomic E-state index is 0. The Morgan fingerprint density at radius 3 is 2.36 bits per heavy atom. The summed E-state index contributed by atoms with van der Waals surface area (Å²) in [4.78, 5) is 27.7. The Labute approximate surface area is 147 Å². The molecule has 0 spiro atoms. The van der Waals surface area contributed by atoms with Gasteiger partial charge in [-0.1, -0.05) is 13.8 Å². The number of carbonyl (C=O) groups excluding carboxylic acids is 2. The van der Waals surface area contributed by atoms with Crippen LogP contribution in [0.25, 0.3) is 0 Å². The average molecular weight is 371 g/mol. The van der Waals surface area contributed by atoms with Crippen molar-refractivity contribution in [2.75, 3.05) is 6.54 Å². The van der Waals surface area contributed by atoms with Gasteiger partial charge < -0.3 is 16.4 Å². The van der Waals surface area contributed by atoms with E-state index in [1.54, 1.807) is 0 Å².